The number of β-amino-alcohol motifs (C(OH)–C–C–N with tert-alkyl or cyclic N) is 1. The molecular weight excluding hydrogens is 300 g/mol. The molecule has 1 fully saturated rings. The number of rotatable bonds is 5. The Kier molecular flexibility index (Phi) is 4.73. The lowest BCUT2D eigenvalue weighted by Crippen LogP contribution is -2.27. The molecule has 2 heterocycles. The van der Waals surface area contributed by atoms with Crippen molar-refractivity contribution in [2.24, 2.45) is 0 Å². The second kappa shape index (κ2) is 6.76. The van der Waals surface area contributed by atoms with E-state index >= 15 is 0 Å². The Hall–Kier alpha value is -1.79. The zero-order valence-corrected chi connectivity index (χ0v) is 13.1. The number of hydrogen-bond donors (Lipinski definition) is 1. The van der Waals surface area contributed by atoms with Crippen LogP contribution in [0.4, 0.5) is 8.78 Å². The second-order valence-corrected chi connectivity index (χ2v) is 5.96. The molecule has 23 heavy (non-hydrogen) atoms. The molecule has 0 saturated carbocycles. The normalized spacial score (nSPS) is 21.9. The molecule has 2 atom stereocenters. The van der Waals surface area contributed by atoms with E-state index in [2.05, 4.69) is 10.00 Å². The molecule has 0 unspecified atom stereocenters. The maximum atomic E-state index is 13.5. The largest absolute Gasteiger partial charge is 0.392 e. The first-order valence-electron chi connectivity index (χ1n) is 7.96. The van der Waals surface area contributed by atoms with Crippen LogP contribution in [0.3, 0.4) is 0 Å². The Balaban J connectivity index is 1.73. The highest BCUT2D eigenvalue weighted by Gasteiger charge is 2.32. The molecule has 1 aromatic heterocycles. The van der Waals surface area contributed by atoms with Crippen LogP contribution in [0.2, 0.25) is 0 Å². The molecule has 6 heteroatoms. The van der Waals surface area contributed by atoms with Gasteiger partial charge in [-0.3, -0.25) is 9.58 Å². The molecule has 1 aliphatic rings. The summed E-state index contributed by atoms with van der Waals surface area (Å²) < 4.78 is 28.6. The Morgan fingerprint density at radius 2 is 2.09 bits per heavy atom. The fourth-order valence-electron chi connectivity index (χ4n) is 3.31. The van der Waals surface area contributed by atoms with Crippen LogP contribution in [-0.4, -0.2) is 39.0 Å². The average Bonchev–Trinajstić information content (AvgIpc) is 3.13. The number of halogens is 2. The van der Waals surface area contributed by atoms with Gasteiger partial charge in [-0.05, 0) is 37.1 Å². The third kappa shape index (κ3) is 3.43. The second-order valence-electron chi connectivity index (χ2n) is 5.96. The standard InChI is InChI=1S/C17H21F2N3O/c1-2-22-13(5-7-20-22)6-8-21-11-14(23)10-17(21)12-3-4-15(18)16(19)9-12/h3-5,7,9,14,17,23H,2,6,8,10-11H2,1H3/t14-,17+/m1/s1. The number of aryl methyl sites for hydroxylation is 1. The first kappa shape index (κ1) is 16.1. The minimum atomic E-state index is -0.842. The number of likely N-dealkylation sites (tertiary alicyclic amines) is 1. The van der Waals surface area contributed by atoms with Crippen LogP contribution in [0, 0.1) is 11.6 Å². The Morgan fingerprint density at radius 3 is 2.83 bits per heavy atom. The fourth-order valence-corrected chi connectivity index (χ4v) is 3.31. The topological polar surface area (TPSA) is 41.3 Å². The predicted octanol–water partition coefficient (Wildman–Crippen LogP) is 2.53. The van der Waals surface area contributed by atoms with E-state index in [1.807, 2.05) is 17.7 Å². The van der Waals surface area contributed by atoms with Crippen molar-refractivity contribution in [2.75, 3.05) is 13.1 Å². The van der Waals surface area contributed by atoms with E-state index in [4.69, 9.17) is 0 Å². The average molecular weight is 321 g/mol. The van der Waals surface area contributed by atoms with Crippen LogP contribution < -0.4 is 0 Å². The summed E-state index contributed by atoms with van der Waals surface area (Å²) in [5, 5.41) is 14.2. The molecule has 124 valence electrons. The van der Waals surface area contributed by atoms with E-state index in [1.165, 1.54) is 6.07 Å². The maximum absolute atomic E-state index is 13.5. The summed E-state index contributed by atoms with van der Waals surface area (Å²) >= 11 is 0. The highest BCUT2D eigenvalue weighted by Crippen LogP contribution is 2.32. The van der Waals surface area contributed by atoms with Gasteiger partial charge in [0.1, 0.15) is 0 Å². The molecule has 0 bridgehead atoms. The minimum absolute atomic E-state index is 0.0851. The molecule has 1 aliphatic heterocycles. The van der Waals surface area contributed by atoms with Gasteiger partial charge in [0.2, 0.25) is 0 Å². The molecule has 1 aromatic carbocycles. The Labute approximate surface area is 134 Å². The third-order valence-corrected chi connectivity index (χ3v) is 4.47. The van der Waals surface area contributed by atoms with Crippen molar-refractivity contribution in [3.8, 4) is 0 Å². The summed E-state index contributed by atoms with van der Waals surface area (Å²) in [6, 6.07) is 5.90. The lowest BCUT2D eigenvalue weighted by Gasteiger charge is -2.24. The SMILES string of the molecule is CCn1nccc1CCN1C[C@H](O)C[C@H]1c1ccc(F)c(F)c1. The first-order chi connectivity index (χ1) is 11.1. The van der Waals surface area contributed by atoms with E-state index in [0.29, 0.717) is 18.5 Å². The monoisotopic (exact) mass is 321 g/mol. The van der Waals surface area contributed by atoms with Crippen molar-refractivity contribution in [3.05, 3.63) is 53.4 Å². The number of hydrogen-bond acceptors (Lipinski definition) is 3. The quantitative estimate of drug-likeness (QED) is 0.920. The number of aliphatic hydroxyl groups is 1. The van der Waals surface area contributed by atoms with Gasteiger partial charge in [0.05, 0.1) is 6.10 Å². The van der Waals surface area contributed by atoms with Crippen LogP contribution in [0.15, 0.2) is 30.5 Å². The summed E-state index contributed by atoms with van der Waals surface area (Å²) in [5.74, 6) is -1.68. The Bertz CT molecular complexity index is 674. The van der Waals surface area contributed by atoms with Gasteiger partial charge in [0.15, 0.2) is 11.6 Å². The number of aliphatic hydroxyl groups excluding tert-OH is 1. The van der Waals surface area contributed by atoms with E-state index in [1.54, 1.807) is 12.3 Å². The summed E-state index contributed by atoms with van der Waals surface area (Å²) in [4.78, 5) is 2.13. The molecule has 3 rings (SSSR count). The van der Waals surface area contributed by atoms with Crippen molar-refractivity contribution in [2.45, 2.75) is 38.5 Å². The third-order valence-electron chi connectivity index (χ3n) is 4.47. The van der Waals surface area contributed by atoms with Crippen LogP contribution in [0.5, 0.6) is 0 Å². The molecule has 2 aromatic rings. The Morgan fingerprint density at radius 1 is 1.26 bits per heavy atom. The molecule has 1 N–H and O–H groups in total. The van der Waals surface area contributed by atoms with Gasteiger partial charge < -0.3 is 5.11 Å². The summed E-state index contributed by atoms with van der Waals surface area (Å²) in [6.45, 7) is 4.15. The number of benzene rings is 1. The number of nitrogens with zero attached hydrogens (tertiary/aromatic N) is 3. The number of aromatic nitrogens is 2. The zero-order valence-electron chi connectivity index (χ0n) is 13.1. The van der Waals surface area contributed by atoms with Gasteiger partial charge in [-0.1, -0.05) is 6.07 Å². The highest BCUT2D eigenvalue weighted by atomic mass is 19.2. The molecule has 0 radical (unpaired) electrons. The fraction of sp³-hybridized carbons (Fsp3) is 0.471. The van der Waals surface area contributed by atoms with E-state index in [0.717, 1.165) is 31.3 Å². The molecule has 0 spiro atoms. The molecule has 4 nitrogen and oxygen atoms in total. The van der Waals surface area contributed by atoms with Crippen molar-refractivity contribution < 1.29 is 13.9 Å². The molecule has 1 saturated heterocycles. The zero-order chi connectivity index (χ0) is 16.4. The van der Waals surface area contributed by atoms with Crippen molar-refractivity contribution in [1.82, 2.24) is 14.7 Å². The van der Waals surface area contributed by atoms with Gasteiger partial charge in [-0.2, -0.15) is 5.10 Å². The predicted molar refractivity (Wildman–Crippen MR) is 82.9 cm³/mol. The first-order valence-corrected chi connectivity index (χ1v) is 7.96. The van der Waals surface area contributed by atoms with Gasteiger partial charge >= 0.3 is 0 Å². The smallest absolute Gasteiger partial charge is 0.159 e. The van der Waals surface area contributed by atoms with Crippen molar-refractivity contribution >= 4 is 0 Å². The van der Waals surface area contributed by atoms with Gasteiger partial charge in [0.25, 0.3) is 0 Å². The van der Waals surface area contributed by atoms with Gasteiger partial charge in [-0.15, -0.1) is 0 Å². The van der Waals surface area contributed by atoms with E-state index in [9.17, 15) is 13.9 Å². The van der Waals surface area contributed by atoms with E-state index in [-0.39, 0.29) is 6.04 Å². The van der Waals surface area contributed by atoms with Crippen LogP contribution in [-0.2, 0) is 13.0 Å². The molecule has 0 amide bonds. The molecule has 0 aliphatic carbocycles. The lowest BCUT2D eigenvalue weighted by molar-refractivity contribution is 0.175. The minimum Gasteiger partial charge on any atom is -0.392 e. The van der Waals surface area contributed by atoms with Crippen LogP contribution in [0.25, 0.3) is 0 Å². The lowest BCUT2D eigenvalue weighted by atomic mass is 10.0. The summed E-state index contributed by atoms with van der Waals surface area (Å²) in [6.07, 6.45) is 2.69. The van der Waals surface area contributed by atoms with E-state index < -0.39 is 17.7 Å². The van der Waals surface area contributed by atoms with Crippen molar-refractivity contribution in [3.63, 3.8) is 0 Å². The van der Waals surface area contributed by atoms with Crippen LogP contribution in [0.1, 0.15) is 30.6 Å². The molecular formula is C17H21F2N3O. The summed E-state index contributed by atoms with van der Waals surface area (Å²) in [7, 11) is 0. The van der Waals surface area contributed by atoms with Gasteiger partial charge in [-0.25, -0.2) is 8.78 Å². The van der Waals surface area contributed by atoms with Crippen molar-refractivity contribution in [1.29, 1.82) is 0 Å². The summed E-state index contributed by atoms with van der Waals surface area (Å²) in [5.41, 5.74) is 1.85. The van der Waals surface area contributed by atoms with Gasteiger partial charge in [0, 0.05) is 44.0 Å². The van der Waals surface area contributed by atoms with Crippen LogP contribution >= 0.6 is 0 Å². The highest BCUT2D eigenvalue weighted by molar-refractivity contribution is 5.23. The maximum Gasteiger partial charge on any atom is 0.159 e.